The average molecular weight is 320 g/mol. The van der Waals surface area contributed by atoms with Crippen LogP contribution in [0.1, 0.15) is 32.1 Å². The fraction of sp³-hybridized carbons (Fsp3) is 0.562. The van der Waals surface area contributed by atoms with Gasteiger partial charge in [-0.25, -0.2) is 4.98 Å². The van der Waals surface area contributed by atoms with Gasteiger partial charge < -0.3 is 19.9 Å². The van der Waals surface area contributed by atoms with Crippen LogP contribution in [0, 0.1) is 0 Å². The molecule has 7 nitrogen and oxygen atoms in total. The van der Waals surface area contributed by atoms with Crippen LogP contribution in [-0.2, 0) is 4.79 Å². The Balaban J connectivity index is 0.00000208. The fourth-order valence-corrected chi connectivity index (χ4v) is 2.95. The molecule has 0 radical (unpaired) electrons. The minimum atomic E-state index is -0.0676. The van der Waals surface area contributed by atoms with Gasteiger partial charge in [0.2, 0.25) is 5.91 Å². The number of amides is 2. The third-order valence-electron chi connectivity index (χ3n) is 4.47. The van der Waals surface area contributed by atoms with Crippen molar-refractivity contribution in [2.75, 3.05) is 32.1 Å². The number of anilines is 1. The van der Waals surface area contributed by atoms with Gasteiger partial charge in [-0.15, -0.1) is 0 Å². The first-order chi connectivity index (χ1) is 11.0. The summed E-state index contributed by atoms with van der Waals surface area (Å²) in [5.74, 6) is 1.25. The lowest BCUT2D eigenvalue weighted by atomic mass is 10.2. The molecule has 23 heavy (non-hydrogen) atoms. The Morgan fingerprint density at radius 2 is 2.30 bits per heavy atom. The van der Waals surface area contributed by atoms with Crippen molar-refractivity contribution in [1.82, 2.24) is 14.8 Å². The lowest BCUT2D eigenvalue weighted by Gasteiger charge is -2.25. The lowest BCUT2D eigenvalue weighted by Crippen LogP contribution is -2.39. The molecule has 1 aromatic heterocycles. The number of hydrogen-bond acceptors (Lipinski definition) is 5. The standard InChI is InChI=1S/C16H22N4O3.H2/c1-10-9-23-14-6-12(7-17-15(14)18-10)16(22)20-5-4-13(8-20)19(3)11(2)21;/h6-7,10,13H,4-5,8-9H2,1-3H3,(H,17,18);1H/t10-,13-;/m0./s1. The number of aromatic nitrogens is 1. The number of carbonyl (C=O) groups excluding carboxylic acids is 2. The third kappa shape index (κ3) is 3.09. The van der Waals surface area contributed by atoms with Crippen molar-refractivity contribution in [3.63, 3.8) is 0 Å². The molecule has 1 aromatic rings. The maximum atomic E-state index is 12.6. The molecule has 3 heterocycles. The number of fused-ring (bicyclic) bond motifs is 1. The second kappa shape index (κ2) is 6.06. The van der Waals surface area contributed by atoms with Crippen LogP contribution in [0.5, 0.6) is 5.75 Å². The zero-order valence-corrected chi connectivity index (χ0v) is 13.7. The second-order valence-corrected chi connectivity index (χ2v) is 6.25. The molecule has 2 aliphatic heterocycles. The van der Waals surface area contributed by atoms with Crippen molar-refractivity contribution in [3.05, 3.63) is 17.8 Å². The van der Waals surface area contributed by atoms with E-state index in [1.165, 1.54) is 0 Å². The Kier molecular flexibility index (Phi) is 4.11. The van der Waals surface area contributed by atoms with Crippen LogP contribution in [-0.4, -0.2) is 65.4 Å². The zero-order valence-electron chi connectivity index (χ0n) is 13.7. The Morgan fingerprint density at radius 3 is 3.04 bits per heavy atom. The first-order valence-electron chi connectivity index (χ1n) is 7.87. The van der Waals surface area contributed by atoms with E-state index in [9.17, 15) is 9.59 Å². The lowest BCUT2D eigenvalue weighted by molar-refractivity contribution is -0.129. The Bertz CT molecular complexity index is 640. The summed E-state index contributed by atoms with van der Waals surface area (Å²) in [6.07, 6.45) is 2.38. The molecular weight excluding hydrogens is 296 g/mol. The van der Waals surface area contributed by atoms with Crippen LogP contribution >= 0.6 is 0 Å². The van der Waals surface area contributed by atoms with E-state index >= 15 is 0 Å². The van der Waals surface area contributed by atoms with Crippen LogP contribution in [0.15, 0.2) is 12.3 Å². The number of nitrogens with zero attached hydrogens (tertiary/aromatic N) is 3. The van der Waals surface area contributed by atoms with E-state index in [4.69, 9.17) is 4.74 Å². The van der Waals surface area contributed by atoms with Gasteiger partial charge in [-0.2, -0.15) is 0 Å². The van der Waals surface area contributed by atoms with Crippen LogP contribution in [0.4, 0.5) is 5.82 Å². The highest BCUT2D eigenvalue weighted by Gasteiger charge is 2.31. The van der Waals surface area contributed by atoms with Crippen LogP contribution in [0.3, 0.4) is 0 Å². The second-order valence-electron chi connectivity index (χ2n) is 6.25. The maximum absolute atomic E-state index is 12.6. The molecule has 2 amide bonds. The first kappa shape index (κ1) is 15.6. The van der Waals surface area contributed by atoms with Gasteiger partial charge >= 0.3 is 0 Å². The Labute approximate surface area is 137 Å². The molecule has 3 rings (SSSR count). The highest BCUT2D eigenvalue weighted by Crippen LogP contribution is 2.28. The van der Waals surface area contributed by atoms with Gasteiger partial charge in [0.25, 0.3) is 5.91 Å². The molecule has 1 fully saturated rings. The predicted molar refractivity (Wildman–Crippen MR) is 87.7 cm³/mol. The summed E-state index contributed by atoms with van der Waals surface area (Å²) in [5.41, 5.74) is 0.520. The highest BCUT2D eigenvalue weighted by atomic mass is 16.5. The largest absolute Gasteiger partial charge is 0.488 e. The van der Waals surface area contributed by atoms with Gasteiger partial charge in [0, 0.05) is 34.7 Å². The summed E-state index contributed by atoms with van der Waals surface area (Å²) < 4.78 is 5.63. The highest BCUT2D eigenvalue weighted by molar-refractivity contribution is 5.95. The van der Waals surface area contributed by atoms with Gasteiger partial charge in [-0.1, -0.05) is 0 Å². The molecular formula is C16H24N4O3. The third-order valence-corrected chi connectivity index (χ3v) is 4.47. The van der Waals surface area contributed by atoms with Crippen molar-refractivity contribution in [2.45, 2.75) is 32.4 Å². The molecule has 126 valence electrons. The molecule has 0 aliphatic carbocycles. The average Bonchev–Trinajstić information content (AvgIpc) is 3.02. The van der Waals surface area contributed by atoms with Crippen LogP contribution < -0.4 is 10.1 Å². The normalized spacial score (nSPS) is 22.8. The van der Waals surface area contributed by atoms with Gasteiger partial charge in [0.1, 0.15) is 6.61 Å². The minimum absolute atomic E-state index is 0. The van der Waals surface area contributed by atoms with Gasteiger partial charge in [0.15, 0.2) is 11.6 Å². The van der Waals surface area contributed by atoms with E-state index in [0.29, 0.717) is 36.8 Å². The number of nitrogens with one attached hydrogen (secondary N) is 1. The number of hydrogen-bond donors (Lipinski definition) is 1. The summed E-state index contributed by atoms with van der Waals surface area (Å²) in [7, 11) is 1.78. The summed E-state index contributed by atoms with van der Waals surface area (Å²) in [5, 5.41) is 3.22. The van der Waals surface area contributed by atoms with Crippen molar-refractivity contribution < 1.29 is 15.8 Å². The smallest absolute Gasteiger partial charge is 0.255 e. The molecule has 1 N–H and O–H groups in total. The number of likely N-dealkylation sites (tertiary alicyclic amines) is 1. The summed E-state index contributed by atoms with van der Waals surface area (Å²) in [4.78, 5) is 31.9. The molecule has 0 unspecified atom stereocenters. The molecule has 1 saturated heterocycles. The molecule has 0 bridgehead atoms. The molecule has 7 heteroatoms. The maximum Gasteiger partial charge on any atom is 0.255 e. The first-order valence-corrected chi connectivity index (χ1v) is 7.87. The van der Waals surface area contributed by atoms with E-state index in [2.05, 4.69) is 10.3 Å². The van der Waals surface area contributed by atoms with E-state index in [1.807, 2.05) is 6.92 Å². The quantitative estimate of drug-likeness (QED) is 0.886. The number of carbonyl (C=O) groups is 2. The van der Waals surface area contributed by atoms with E-state index in [0.717, 1.165) is 6.42 Å². The predicted octanol–water partition coefficient (Wildman–Crippen LogP) is 1.21. The molecule has 0 spiro atoms. The Hall–Kier alpha value is -2.31. The zero-order chi connectivity index (χ0) is 16.6. The van der Waals surface area contributed by atoms with E-state index in [1.54, 1.807) is 36.0 Å². The fourth-order valence-electron chi connectivity index (χ4n) is 2.95. The minimum Gasteiger partial charge on any atom is -0.488 e. The number of likely N-dealkylation sites (N-methyl/N-ethyl adjacent to an activating group) is 1. The SMILES string of the molecule is CC(=O)N(C)[C@H]1CCN(C(=O)c2cnc3c(c2)OC[C@H](C)N3)C1.[HH]. The van der Waals surface area contributed by atoms with Crippen molar-refractivity contribution in [3.8, 4) is 5.75 Å². The van der Waals surface area contributed by atoms with Crippen molar-refractivity contribution in [1.29, 1.82) is 0 Å². The molecule has 0 aromatic carbocycles. The number of ether oxygens (including phenoxy) is 1. The monoisotopic (exact) mass is 320 g/mol. The van der Waals surface area contributed by atoms with Crippen LogP contribution in [0.2, 0.25) is 0 Å². The molecule has 0 saturated carbocycles. The van der Waals surface area contributed by atoms with Crippen molar-refractivity contribution >= 4 is 17.6 Å². The summed E-state index contributed by atoms with van der Waals surface area (Å²) in [6.45, 7) is 5.32. The van der Waals surface area contributed by atoms with Gasteiger partial charge in [-0.05, 0) is 19.4 Å². The molecule has 2 atom stereocenters. The summed E-state index contributed by atoms with van der Waals surface area (Å²) in [6, 6.07) is 2.03. The summed E-state index contributed by atoms with van der Waals surface area (Å²) >= 11 is 0. The molecule has 2 aliphatic rings. The van der Waals surface area contributed by atoms with Gasteiger partial charge in [0.05, 0.1) is 17.6 Å². The van der Waals surface area contributed by atoms with Crippen molar-refractivity contribution in [2.24, 2.45) is 0 Å². The van der Waals surface area contributed by atoms with Gasteiger partial charge in [-0.3, -0.25) is 9.59 Å². The van der Waals surface area contributed by atoms with E-state index in [-0.39, 0.29) is 25.3 Å². The number of rotatable bonds is 2. The number of pyridine rings is 1. The van der Waals surface area contributed by atoms with E-state index < -0.39 is 0 Å². The van der Waals surface area contributed by atoms with Crippen LogP contribution in [0.25, 0.3) is 0 Å². The Morgan fingerprint density at radius 1 is 1.52 bits per heavy atom. The topological polar surface area (TPSA) is 74.8 Å².